The fourth-order valence-corrected chi connectivity index (χ4v) is 3.84. The molecule has 0 radical (unpaired) electrons. The Balaban J connectivity index is 1.63. The molecule has 0 saturated heterocycles. The van der Waals surface area contributed by atoms with Gasteiger partial charge in [0.1, 0.15) is 12.4 Å². The molecule has 152 valence electrons. The summed E-state index contributed by atoms with van der Waals surface area (Å²) in [6.45, 7) is 8.94. The fourth-order valence-electron chi connectivity index (χ4n) is 2.98. The third-order valence-electron chi connectivity index (χ3n) is 4.44. The van der Waals surface area contributed by atoms with Crippen LogP contribution in [0.3, 0.4) is 0 Å². The molecule has 0 aliphatic heterocycles. The number of aliphatic hydroxyl groups is 1. The number of nitrogens with zero attached hydrogens (tertiary/aromatic N) is 3. The topological polar surface area (TPSA) is 60.2 Å². The van der Waals surface area contributed by atoms with Gasteiger partial charge in [0, 0.05) is 17.9 Å². The zero-order valence-corrected chi connectivity index (χ0v) is 17.7. The van der Waals surface area contributed by atoms with E-state index >= 15 is 0 Å². The van der Waals surface area contributed by atoms with Crippen LogP contribution in [0, 0.1) is 0 Å². The zero-order valence-electron chi connectivity index (χ0n) is 16.9. The Morgan fingerprint density at radius 1 is 1.10 bits per heavy atom. The normalized spacial score (nSPS) is 12.1. The molecule has 1 atom stereocenters. The molecule has 0 bridgehead atoms. The molecule has 0 aliphatic carbocycles. The molecule has 0 fully saturated rings. The summed E-state index contributed by atoms with van der Waals surface area (Å²) in [4.78, 5) is 0. The maximum Gasteiger partial charge on any atom is 0.191 e. The highest BCUT2D eigenvalue weighted by Crippen LogP contribution is 2.27. The minimum Gasteiger partial charge on any atom is -0.491 e. The van der Waals surface area contributed by atoms with Crippen LogP contribution in [0.4, 0.5) is 0 Å². The maximum atomic E-state index is 10.4. The minimum atomic E-state index is -0.616. The van der Waals surface area contributed by atoms with Crippen LogP contribution in [0.1, 0.15) is 25.3 Å². The Morgan fingerprint density at radius 2 is 1.83 bits per heavy atom. The Bertz CT molecular complexity index is 925. The number of rotatable bonds is 10. The number of hydrogen-bond acceptors (Lipinski definition) is 5. The van der Waals surface area contributed by atoms with Crippen LogP contribution in [-0.2, 0) is 6.54 Å². The maximum absolute atomic E-state index is 10.4. The first kappa shape index (κ1) is 21.1. The summed E-state index contributed by atoms with van der Waals surface area (Å²) in [5.74, 6) is 2.46. The summed E-state index contributed by atoms with van der Waals surface area (Å²) in [6, 6.07) is 17.9. The lowest BCUT2D eigenvalue weighted by atomic mass is 10.0. The van der Waals surface area contributed by atoms with Crippen molar-refractivity contribution in [1.82, 2.24) is 14.8 Å². The van der Waals surface area contributed by atoms with Crippen molar-refractivity contribution in [3.8, 4) is 17.1 Å². The van der Waals surface area contributed by atoms with Gasteiger partial charge in [-0.15, -0.1) is 16.8 Å². The first-order chi connectivity index (χ1) is 14.1. The number of aliphatic hydroxyl groups excluding tert-OH is 1. The van der Waals surface area contributed by atoms with Crippen LogP contribution in [0.25, 0.3) is 11.4 Å². The van der Waals surface area contributed by atoms with Crippen LogP contribution >= 0.6 is 11.8 Å². The van der Waals surface area contributed by atoms with E-state index in [9.17, 15) is 5.11 Å². The molecule has 29 heavy (non-hydrogen) atoms. The fraction of sp³-hybridized carbons (Fsp3) is 0.304. The van der Waals surface area contributed by atoms with Crippen LogP contribution in [0.5, 0.6) is 5.75 Å². The second-order valence-electron chi connectivity index (χ2n) is 7.04. The predicted octanol–water partition coefficient (Wildman–Crippen LogP) is 4.79. The van der Waals surface area contributed by atoms with Gasteiger partial charge in [-0.2, -0.15) is 0 Å². The van der Waals surface area contributed by atoms with Gasteiger partial charge in [0.25, 0.3) is 0 Å². The molecule has 1 N–H and O–H groups in total. The summed E-state index contributed by atoms with van der Waals surface area (Å²) in [6.07, 6.45) is 1.21. The van der Waals surface area contributed by atoms with Gasteiger partial charge in [0.2, 0.25) is 0 Å². The number of benzene rings is 2. The van der Waals surface area contributed by atoms with E-state index in [0.29, 0.717) is 18.2 Å². The van der Waals surface area contributed by atoms with E-state index in [4.69, 9.17) is 4.74 Å². The predicted molar refractivity (Wildman–Crippen MR) is 118 cm³/mol. The van der Waals surface area contributed by atoms with E-state index in [2.05, 4.69) is 36.7 Å². The van der Waals surface area contributed by atoms with E-state index in [1.807, 2.05) is 59.2 Å². The zero-order chi connectivity index (χ0) is 20.6. The molecular weight excluding hydrogens is 382 g/mol. The van der Waals surface area contributed by atoms with E-state index in [0.717, 1.165) is 27.9 Å². The first-order valence-electron chi connectivity index (χ1n) is 9.72. The van der Waals surface area contributed by atoms with Gasteiger partial charge < -0.3 is 9.84 Å². The Morgan fingerprint density at radius 3 is 2.55 bits per heavy atom. The number of para-hydroxylation sites is 1. The van der Waals surface area contributed by atoms with Crippen molar-refractivity contribution in [2.24, 2.45) is 0 Å². The van der Waals surface area contributed by atoms with Gasteiger partial charge in [-0.1, -0.05) is 80.2 Å². The van der Waals surface area contributed by atoms with Crippen molar-refractivity contribution >= 4 is 11.8 Å². The lowest BCUT2D eigenvalue weighted by Crippen LogP contribution is -2.21. The number of aromatic nitrogens is 3. The van der Waals surface area contributed by atoms with Gasteiger partial charge >= 0.3 is 0 Å². The largest absolute Gasteiger partial charge is 0.491 e. The monoisotopic (exact) mass is 409 g/mol. The molecular formula is C23H27N3O2S. The van der Waals surface area contributed by atoms with Gasteiger partial charge in [-0.05, 0) is 17.5 Å². The standard InChI is InChI=1S/C23H27N3O2S/c1-4-14-26-22(18-10-6-5-7-11-18)24-25-23(26)29-16-19(27)15-28-21-13-9-8-12-20(21)17(2)3/h4-13,17,19,27H,1,14-16H2,2-3H3/t19-/m1/s1. The second kappa shape index (κ2) is 10.3. The van der Waals surface area contributed by atoms with Crippen molar-refractivity contribution < 1.29 is 9.84 Å². The molecule has 1 heterocycles. The van der Waals surface area contributed by atoms with Gasteiger partial charge in [-0.25, -0.2) is 0 Å². The molecule has 0 amide bonds. The van der Waals surface area contributed by atoms with Crippen molar-refractivity contribution in [3.63, 3.8) is 0 Å². The smallest absolute Gasteiger partial charge is 0.191 e. The third kappa shape index (κ3) is 5.49. The highest BCUT2D eigenvalue weighted by molar-refractivity contribution is 7.99. The molecule has 0 aliphatic rings. The highest BCUT2D eigenvalue weighted by atomic mass is 32.2. The molecule has 3 aromatic rings. The molecule has 0 saturated carbocycles. The average Bonchev–Trinajstić information content (AvgIpc) is 3.14. The molecule has 6 heteroatoms. The summed E-state index contributed by atoms with van der Waals surface area (Å²) >= 11 is 1.47. The lowest BCUT2D eigenvalue weighted by molar-refractivity contribution is 0.125. The summed E-state index contributed by atoms with van der Waals surface area (Å²) in [5, 5.41) is 19.8. The Hall–Kier alpha value is -2.57. The Kier molecular flexibility index (Phi) is 7.49. The first-order valence-corrected chi connectivity index (χ1v) is 10.7. The SMILES string of the molecule is C=CCn1c(SC[C@H](O)COc2ccccc2C(C)C)nnc1-c1ccccc1. The van der Waals surface area contributed by atoms with Crippen molar-refractivity contribution in [2.75, 3.05) is 12.4 Å². The van der Waals surface area contributed by atoms with Crippen LogP contribution < -0.4 is 4.74 Å². The highest BCUT2D eigenvalue weighted by Gasteiger charge is 2.16. The molecule has 2 aromatic carbocycles. The molecule has 0 spiro atoms. The summed E-state index contributed by atoms with van der Waals surface area (Å²) in [7, 11) is 0. The molecule has 1 aromatic heterocycles. The van der Waals surface area contributed by atoms with Crippen LogP contribution in [0.2, 0.25) is 0 Å². The number of thioether (sulfide) groups is 1. The van der Waals surface area contributed by atoms with Crippen molar-refractivity contribution in [2.45, 2.75) is 37.6 Å². The Labute approximate surface area is 176 Å². The molecule has 5 nitrogen and oxygen atoms in total. The van der Waals surface area contributed by atoms with Gasteiger partial charge in [0.05, 0.1) is 6.10 Å². The quantitative estimate of drug-likeness (QED) is 0.385. The summed E-state index contributed by atoms with van der Waals surface area (Å²) < 4.78 is 7.89. The van der Waals surface area contributed by atoms with E-state index in [-0.39, 0.29) is 6.61 Å². The molecule has 3 rings (SSSR count). The lowest BCUT2D eigenvalue weighted by Gasteiger charge is -2.16. The summed E-state index contributed by atoms with van der Waals surface area (Å²) in [5.41, 5.74) is 2.15. The van der Waals surface area contributed by atoms with Gasteiger partial charge in [-0.3, -0.25) is 4.57 Å². The number of ether oxygens (including phenoxy) is 1. The van der Waals surface area contributed by atoms with Crippen LogP contribution in [-0.4, -0.2) is 38.3 Å². The van der Waals surface area contributed by atoms with Crippen molar-refractivity contribution in [1.29, 1.82) is 0 Å². The number of allylic oxidation sites excluding steroid dienone is 1. The minimum absolute atomic E-state index is 0.234. The van der Waals surface area contributed by atoms with Gasteiger partial charge in [0.15, 0.2) is 11.0 Å². The molecule has 0 unspecified atom stereocenters. The second-order valence-corrected chi connectivity index (χ2v) is 8.03. The van der Waals surface area contributed by atoms with Crippen molar-refractivity contribution in [3.05, 3.63) is 72.8 Å². The van der Waals surface area contributed by atoms with E-state index < -0.39 is 6.10 Å². The van der Waals surface area contributed by atoms with E-state index in [1.165, 1.54) is 11.8 Å². The van der Waals surface area contributed by atoms with Crippen LogP contribution in [0.15, 0.2) is 72.4 Å². The van der Waals surface area contributed by atoms with E-state index in [1.54, 1.807) is 0 Å². The number of hydrogen-bond donors (Lipinski definition) is 1. The average molecular weight is 410 g/mol. The third-order valence-corrected chi connectivity index (χ3v) is 5.55.